The first-order chi connectivity index (χ1) is 7.47. The molecule has 5 nitrogen and oxygen atoms in total. The van der Waals surface area contributed by atoms with E-state index in [1.54, 1.807) is 4.90 Å². The zero-order valence-electron chi connectivity index (χ0n) is 9.03. The number of nitrogens with zero attached hydrogens (tertiary/aromatic N) is 2. The van der Waals surface area contributed by atoms with Gasteiger partial charge in [-0.2, -0.15) is 0 Å². The first kappa shape index (κ1) is 13.9. The van der Waals surface area contributed by atoms with Gasteiger partial charge in [0.15, 0.2) is 0 Å². The Kier molecular flexibility index (Phi) is 5.20. The van der Waals surface area contributed by atoms with Crippen molar-refractivity contribution in [3.8, 4) is 0 Å². The van der Waals surface area contributed by atoms with Crippen molar-refractivity contribution < 1.29 is 9.59 Å². The molecule has 1 saturated heterocycles. The van der Waals surface area contributed by atoms with Gasteiger partial charge in [0.2, 0.25) is 11.8 Å². The van der Waals surface area contributed by atoms with E-state index in [4.69, 9.17) is 5.73 Å². The number of carbonyl (C=O) groups excluding carboxylic acids is 2. The number of hydrogen-bond acceptors (Lipinski definition) is 3. The molecule has 0 saturated carbocycles. The first-order valence-electron chi connectivity index (χ1n) is 4.94. The summed E-state index contributed by atoms with van der Waals surface area (Å²) in [6, 6.07) is -0.193. The Morgan fingerprint density at radius 2 is 2.12 bits per heavy atom. The number of carbonyl (C=O) groups is 2. The van der Waals surface area contributed by atoms with Gasteiger partial charge in [-0.25, -0.2) is 0 Å². The summed E-state index contributed by atoms with van der Waals surface area (Å²) in [5.74, 6) is -0.448. The van der Waals surface area contributed by atoms with Gasteiger partial charge < -0.3 is 15.5 Å². The Balaban J connectivity index is 2.80. The van der Waals surface area contributed by atoms with Crippen molar-refractivity contribution in [2.45, 2.75) is 10.9 Å². The number of halogens is 2. The maximum atomic E-state index is 11.7. The highest BCUT2D eigenvalue weighted by atomic mass is 79.9. The van der Waals surface area contributed by atoms with Gasteiger partial charge in [-0.3, -0.25) is 9.59 Å². The summed E-state index contributed by atoms with van der Waals surface area (Å²) in [6.07, 6.45) is 0. The molecule has 2 atom stereocenters. The third kappa shape index (κ3) is 3.18. The Hall–Kier alpha value is -0.140. The molecule has 0 spiro atoms. The fourth-order valence-corrected chi connectivity index (χ4v) is 2.55. The molecule has 16 heavy (non-hydrogen) atoms. The van der Waals surface area contributed by atoms with Crippen molar-refractivity contribution in [2.24, 2.45) is 5.73 Å². The number of likely N-dealkylation sites (N-methyl/N-ethyl adjacent to an activating group) is 1. The fourth-order valence-electron chi connectivity index (χ4n) is 1.78. The number of rotatable bonds is 3. The minimum Gasteiger partial charge on any atom is -0.369 e. The summed E-state index contributed by atoms with van der Waals surface area (Å²) in [6.45, 7) is 2.09. The molecule has 7 heteroatoms. The molecule has 1 rings (SSSR count). The lowest BCUT2D eigenvalue weighted by molar-refractivity contribution is -0.133. The number of primary amides is 1. The lowest BCUT2D eigenvalue weighted by atomic mass is 10.1. The molecule has 2 N–H and O–H groups in total. The topological polar surface area (TPSA) is 66.6 Å². The smallest absolute Gasteiger partial charge is 0.233 e. The summed E-state index contributed by atoms with van der Waals surface area (Å²) in [7, 11) is 1.96. The van der Waals surface area contributed by atoms with Crippen molar-refractivity contribution in [1.29, 1.82) is 0 Å². The van der Waals surface area contributed by atoms with Crippen LogP contribution >= 0.6 is 31.9 Å². The SMILES string of the molecule is CN1CCN(C(=O)CBr)C(C(Br)C(N)=O)C1. The summed E-state index contributed by atoms with van der Waals surface area (Å²) in [5.41, 5.74) is 5.26. The van der Waals surface area contributed by atoms with Crippen LogP contribution in [0.15, 0.2) is 0 Å². The summed E-state index contributed by atoms with van der Waals surface area (Å²) in [4.78, 5) is 26.2. The van der Waals surface area contributed by atoms with Gasteiger partial charge in [0.25, 0.3) is 0 Å². The van der Waals surface area contributed by atoms with Crippen LogP contribution in [0.1, 0.15) is 0 Å². The van der Waals surface area contributed by atoms with Crippen LogP contribution in [0.3, 0.4) is 0 Å². The van der Waals surface area contributed by atoms with Gasteiger partial charge >= 0.3 is 0 Å². The van der Waals surface area contributed by atoms with Crippen LogP contribution in [0.25, 0.3) is 0 Å². The van der Waals surface area contributed by atoms with Gasteiger partial charge in [0.05, 0.1) is 11.4 Å². The molecule has 1 aliphatic heterocycles. The van der Waals surface area contributed by atoms with Gasteiger partial charge in [0.1, 0.15) is 4.83 Å². The molecule has 0 bridgehead atoms. The Morgan fingerprint density at radius 1 is 1.50 bits per heavy atom. The van der Waals surface area contributed by atoms with E-state index < -0.39 is 10.7 Å². The average Bonchev–Trinajstić information content (AvgIpc) is 2.26. The maximum absolute atomic E-state index is 11.7. The van der Waals surface area contributed by atoms with Crippen molar-refractivity contribution >= 4 is 43.7 Å². The fraction of sp³-hybridized carbons (Fsp3) is 0.778. The zero-order chi connectivity index (χ0) is 12.3. The molecule has 0 aliphatic carbocycles. The van der Waals surface area contributed by atoms with Crippen molar-refractivity contribution in [1.82, 2.24) is 9.80 Å². The van der Waals surface area contributed by atoms with Gasteiger partial charge in [0, 0.05) is 19.6 Å². The minimum atomic E-state index is -0.502. The average molecular weight is 357 g/mol. The number of alkyl halides is 2. The molecule has 0 aromatic carbocycles. The quantitative estimate of drug-likeness (QED) is 0.710. The zero-order valence-corrected chi connectivity index (χ0v) is 12.2. The van der Waals surface area contributed by atoms with Crippen LogP contribution in [0.2, 0.25) is 0 Å². The van der Waals surface area contributed by atoms with Gasteiger partial charge in [-0.1, -0.05) is 31.9 Å². The highest BCUT2D eigenvalue weighted by molar-refractivity contribution is 9.10. The second-order valence-electron chi connectivity index (χ2n) is 3.85. The second-order valence-corrected chi connectivity index (χ2v) is 5.40. The molecule has 1 aliphatic rings. The second kappa shape index (κ2) is 5.97. The molecule has 2 amide bonds. The van der Waals surface area contributed by atoms with E-state index in [9.17, 15) is 9.59 Å². The lowest BCUT2D eigenvalue weighted by Crippen LogP contribution is -2.59. The van der Waals surface area contributed by atoms with Crippen LogP contribution in [-0.2, 0) is 9.59 Å². The molecular weight excluding hydrogens is 342 g/mol. The molecule has 92 valence electrons. The van der Waals surface area contributed by atoms with Crippen LogP contribution in [0.5, 0.6) is 0 Å². The van der Waals surface area contributed by atoms with Crippen molar-refractivity contribution in [3.05, 3.63) is 0 Å². The van der Waals surface area contributed by atoms with Crippen molar-refractivity contribution in [2.75, 3.05) is 32.0 Å². The standard InChI is InChI=1S/C9H15Br2N3O2/c1-13-2-3-14(7(15)4-10)6(5-13)8(11)9(12)16/h6,8H,2-5H2,1H3,(H2,12,16). The van der Waals surface area contributed by atoms with E-state index in [1.165, 1.54) is 0 Å². The molecule has 0 aromatic heterocycles. The molecule has 0 aromatic rings. The monoisotopic (exact) mass is 355 g/mol. The van der Waals surface area contributed by atoms with Crippen LogP contribution < -0.4 is 5.73 Å². The lowest BCUT2D eigenvalue weighted by Gasteiger charge is -2.41. The predicted octanol–water partition coefficient (Wildman–Crippen LogP) is -0.227. The molecule has 0 radical (unpaired) electrons. The maximum Gasteiger partial charge on any atom is 0.233 e. The third-order valence-electron chi connectivity index (χ3n) is 2.67. The van der Waals surface area contributed by atoms with Gasteiger partial charge in [-0.15, -0.1) is 0 Å². The number of amides is 2. The molecule has 1 heterocycles. The van der Waals surface area contributed by atoms with Gasteiger partial charge in [-0.05, 0) is 7.05 Å². The normalized spacial score (nSPS) is 24.2. The van der Waals surface area contributed by atoms with E-state index in [1.807, 2.05) is 7.05 Å². The number of piperazine rings is 1. The molecule has 1 fully saturated rings. The molecule has 2 unspecified atom stereocenters. The number of nitrogens with two attached hydrogens (primary N) is 1. The van der Waals surface area contributed by atoms with E-state index in [-0.39, 0.29) is 17.3 Å². The van der Waals surface area contributed by atoms with E-state index in [0.29, 0.717) is 13.1 Å². The Morgan fingerprint density at radius 3 is 2.62 bits per heavy atom. The summed E-state index contributed by atoms with van der Waals surface area (Å²) >= 11 is 6.40. The van der Waals surface area contributed by atoms with E-state index in [2.05, 4.69) is 36.8 Å². The van der Waals surface area contributed by atoms with Crippen molar-refractivity contribution in [3.63, 3.8) is 0 Å². The number of hydrogen-bond donors (Lipinski definition) is 1. The summed E-state index contributed by atoms with van der Waals surface area (Å²) in [5, 5.41) is 0.270. The van der Waals surface area contributed by atoms with E-state index >= 15 is 0 Å². The Bertz CT molecular complexity index is 288. The van der Waals surface area contributed by atoms with Crippen LogP contribution in [0.4, 0.5) is 0 Å². The minimum absolute atomic E-state index is 0.0104. The largest absolute Gasteiger partial charge is 0.369 e. The predicted molar refractivity (Wildman–Crippen MR) is 68.7 cm³/mol. The highest BCUT2D eigenvalue weighted by Crippen LogP contribution is 2.18. The third-order valence-corrected chi connectivity index (χ3v) is 4.21. The first-order valence-corrected chi connectivity index (χ1v) is 6.98. The highest BCUT2D eigenvalue weighted by Gasteiger charge is 2.35. The van der Waals surface area contributed by atoms with Crippen LogP contribution in [0, 0.1) is 0 Å². The van der Waals surface area contributed by atoms with Crippen LogP contribution in [-0.4, -0.2) is 64.5 Å². The summed E-state index contributed by atoms with van der Waals surface area (Å²) < 4.78 is 0. The molecular formula is C9H15Br2N3O2. The van der Waals surface area contributed by atoms with E-state index in [0.717, 1.165) is 6.54 Å². The Labute approximate surface area is 112 Å².